The van der Waals surface area contributed by atoms with Crippen LogP contribution in [0.4, 0.5) is 35.9 Å². The zero-order valence-corrected chi connectivity index (χ0v) is 55.6. The van der Waals surface area contributed by atoms with Crippen molar-refractivity contribution in [2.45, 2.75) is 133 Å². The van der Waals surface area contributed by atoms with Crippen LogP contribution in [0.3, 0.4) is 0 Å². The highest BCUT2D eigenvalue weighted by molar-refractivity contribution is 6.38. The molecule has 5 aromatic carbocycles. The fourth-order valence-corrected chi connectivity index (χ4v) is 13.4. The number of aromatic carboxylic acids is 3. The highest BCUT2D eigenvalue weighted by atomic mass is 35.5. The van der Waals surface area contributed by atoms with Gasteiger partial charge in [-0.2, -0.15) is 0 Å². The number of fused-ring (bicyclic) bond motifs is 3. The highest BCUT2D eigenvalue weighted by Gasteiger charge is 2.33. The molecular weight excluding hydrogens is 1340 g/mol. The second kappa shape index (κ2) is 31.2. The van der Waals surface area contributed by atoms with Crippen LogP contribution < -0.4 is 37.1 Å². The molecule has 0 bridgehead atoms. The fraction of sp³-hybridized carbons (Fsp3) is 0.380. The van der Waals surface area contributed by atoms with E-state index in [-0.39, 0.29) is 101 Å². The number of anilines is 2. The Morgan fingerprint density at radius 3 is 1.58 bits per heavy atom. The number of nitro groups is 2. The van der Waals surface area contributed by atoms with E-state index in [0.717, 1.165) is 120 Å². The van der Waals surface area contributed by atoms with E-state index in [0.29, 0.717) is 54.0 Å². The average Bonchev–Trinajstić information content (AvgIpc) is 0.774. The second-order valence-corrected chi connectivity index (χ2v) is 26.7. The Balaban J connectivity index is 0.000000140. The number of non-ortho nitro benzene ring substituents is 2. The van der Waals surface area contributed by atoms with Crippen LogP contribution in [0.15, 0.2) is 122 Å². The summed E-state index contributed by atoms with van der Waals surface area (Å²) in [6.07, 6.45) is 21.4. The van der Waals surface area contributed by atoms with Crippen LogP contribution in [0.1, 0.15) is 157 Å². The molecule has 3 aliphatic carbocycles. The first-order valence-electron chi connectivity index (χ1n) is 33.1. The van der Waals surface area contributed by atoms with Crippen molar-refractivity contribution < 1.29 is 52.7 Å². The van der Waals surface area contributed by atoms with Crippen LogP contribution in [0.5, 0.6) is 0 Å². The molecule has 24 nitrogen and oxygen atoms in total. The van der Waals surface area contributed by atoms with Gasteiger partial charge in [-0.1, -0.05) is 60.3 Å². The Hall–Kier alpha value is -9.83. The zero-order chi connectivity index (χ0) is 71.2. The minimum absolute atomic E-state index is 0.00664. The number of rotatable bonds is 14. The van der Waals surface area contributed by atoms with Crippen molar-refractivity contribution in [1.29, 1.82) is 0 Å². The summed E-state index contributed by atoms with van der Waals surface area (Å²) in [7, 11) is 0. The van der Waals surface area contributed by atoms with Crippen molar-refractivity contribution in [3.63, 3.8) is 0 Å². The number of nitrogens with one attached hydrogen (secondary N) is 1. The van der Waals surface area contributed by atoms with E-state index in [9.17, 15) is 63.6 Å². The molecule has 100 heavy (non-hydrogen) atoms. The summed E-state index contributed by atoms with van der Waals surface area (Å²) in [4.78, 5) is 105. The van der Waals surface area contributed by atoms with Gasteiger partial charge in [-0.05, 0) is 131 Å². The third kappa shape index (κ3) is 16.7. The first-order chi connectivity index (χ1) is 47.9. The number of nitro benzene ring substituents is 2. The van der Waals surface area contributed by atoms with Crippen molar-refractivity contribution in [3.8, 4) is 0 Å². The third-order valence-corrected chi connectivity index (χ3v) is 19.1. The lowest BCUT2D eigenvalue weighted by molar-refractivity contribution is -0.385. The molecule has 3 saturated carbocycles. The number of hydrogen-bond acceptors (Lipinski definition) is 16. The number of pyridine rings is 3. The molecule has 6 aliphatic rings. The van der Waals surface area contributed by atoms with Gasteiger partial charge in [0.15, 0.2) is 0 Å². The highest BCUT2D eigenvalue weighted by Crippen LogP contribution is 2.44. The SMILES string of the molecule is N[C@@H]1CCCCN(c2c(F)cc3c(=O)c(C(=O)O)cn(C4CC4)c3c2Cl)C1.O=C(O)c1cn(C2CC2)c2cc(Cl)c(F)cc2c1=O.O=C(O)c1cn(C2CC2)c2cc(N3CCCC[C@@H](N=Cc4cccc([N+](=O)[O-])c4)C3)c(F)cc2c1=O.O=[N+]([O-])c1cccc(C=N[C@@H]2CCCCNC2)c1. The Morgan fingerprint density at radius 2 is 1.03 bits per heavy atom. The normalized spacial score (nSPS) is 18.8. The Labute approximate surface area is 579 Å². The number of carbonyl (C=O) groups is 3. The minimum Gasteiger partial charge on any atom is -0.477 e. The summed E-state index contributed by atoms with van der Waals surface area (Å²) in [5.41, 5.74) is 6.49. The van der Waals surface area contributed by atoms with Crippen molar-refractivity contribution >= 4 is 109 Å². The molecule has 0 amide bonds. The summed E-state index contributed by atoms with van der Waals surface area (Å²) in [5.74, 6) is -5.88. The molecular formula is C71H72Cl2F3N11O13. The van der Waals surface area contributed by atoms with E-state index in [1.165, 1.54) is 55.7 Å². The summed E-state index contributed by atoms with van der Waals surface area (Å²) in [6.45, 7) is 4.15. The molecule has 524 valence electrons. The first kappa shape index (κ1) is 71.5. The van der Waals surface area contributed by atoms with Crippen LogP contribution >= 0.6 is 23.2 Å². The summed E-state index contributed by atoms with van der Waals surface area (Å²) >= 11 is 12.4. The predicted octanol–water partition coefficient (Wildman–Crippen LogP) is 12.7. The van der Waals surface area contributed by atoms with Crippen LogP contribution in [-0.2, 0) is 0 Å². The number of aliphatic imine (C=N–C) groups is 2. The topological polar surface area (TPSA) is 333 Å². The first-order valence-corrected chi connectivity index (χ1v) is 33.9. The number of nitrogens with two attached hydrogens (primary N) is 1. The van der Waals surface area contributed by atoms with E-state index in [1.54, 1.807) is 56.5 Å². The average molecular weight is 1420 g/mol. The molecule has 3 atom stereocenters. The molecule has 29 heteroatoms. The van der Waals surface area contributed by atoms with Crippen LogP contribution in [0.2, 0.25) is 10.0 Å². The smallest absolute Gasteiger partial charge is 0.341 e. The third-order valence-electron chi connectivity index (χ3n) is 18.4. The van der Waals surface area contributed by atoms with Gasteiger partial charge >= 0.3 is 17.9 Å². The summed E-state index contributed by atoms with van der Waals surface area (Å²) in [5, 5.41) is 53.1. The maximum atomic E-state index is 15.4. The summed E-state index contributed by atoms with van der Waals surface area (Å²) < 4.78 is 49.1. The fourth-order valence-electron chi connectivity index (χ4n) is 12.9. The monoisotopic (exact) mass is 1410 g/mol. The molecule has 6 fully saturated rings. The number of carboxylic acids is 3. The summed E-state index contributed by atoms with van der Waals surface area (Å²) in [6, 6.07) is 19.5. The lowest BCUT2D eigenvalue weighted by Crippen LogP contribution is -2.36. The van der Waals surface area contributed by atoms with Gasteiger partial charge in [0.25, 0.3) is 11.4 Å². The number of benzene rings is 5. The lowest BCUT2D eigenvalue weighted by atomic mass is 10.1. The van der Waals surface area contributed by atoms with Crippen LogP contribution in [-0.4, -0.2) is 127 Å². The number of aromatic nitrogens is 3. The molecule has 8 aromatic rings. The van der Waals surface area contributed by atoms with Crippen molar-refractivity contribution in [1.82, 2.24) is 19.0 Å². The number of nitrogens with zero attached hydrogens (tertiary/aromatic N) is 9. The molecule has 0 radical (unpaired) electrons. The zero-order valence-electron chi connectivity index (χ0n) is 54.1. The maximum Gasteiger partial charge on any atom is 0.341 e. The van der Waals surface area contributed by atoms with Crippen molar-refractivity contribution in [2.24, 2.45) is 15.7 Å². The van der Waals surface area contributed by atoms with E-state index >= 15 is 8.78 Å². The second-order valence-electron chi connectivity index (χ2n) is 25.9. The van der Waals surface area contributed by atoms with E-state index in [4.69, 9.17) is 34.0 Å². The van der Waals surface area contributed by atoms with Gasteiger partial charge in [-0.15, -0.1) is 0 Å². The lowest BCUT2D eigenvalue weighted by Gasteiger charge is -2.27. The van der Waals surface area contributed by atoms with E-state index in [1.807, 2.05) is 15.9 Å². The van der Waals surface area contributed by atoms with Gasteiger partial charge in [0.2, 0.25) is 16.3 Å². The van der Waals surface area contributed by atoms with Gasteiger partial charge < -0.3 is 49.9 Å². The molecule has 14 rings (SSSR count). The largest absolute Gasteiger partial charge is 0.477 e. The van der Waals surface area contributed by atoms with Gasteiger partial charge in [0, 0.05) is 123 Å². The van der Waals surface area contributed by atoms with E-state index in [2.05, 4.69) is 15.3 Å². The number of carboxylic acid groups (broad SMARTS) is 3. The predicted molar refractivity (Wildman–Crippen MR) is 376 cm³/mol. The molecule has 3 aromatic heterocycles. The molecule has 0 spiro atoms. The number of halogens is 5. The Kier molecular flexibility index (Phi) is 22.3. The van der Waals surface area contributed by atoms with Gasteiger partial charge in [-0.3, -0.25) is 44.6 Å². The van der Waals surface area contributed by atoms with Crippen LogP contribution in [0.25, 0.3) is 32.7 Å². The minimum atomic E-state index is -1.32. The molecule has 6 N–H and O–H groups in total. The Bertz CT molecular complexity index is 4780. The molecule has 3 aliphatic heterocycles. The quantitative estimate of drug-likeness (QED) is 0.0384. The molecule has 3 saturated heterocycles. The van der Waals surface area contributed by atoms with E-state index < -0.39 is 56.6 Å². The maximum absolute atomic E-state index is 15.4. The van der Waals surface area contributed by atoms with Gasteiger partial charge in [0.1, 0.15) is 34.1 Å². The van der Waals surface area contributed by atoms with Gasteiger partial charge in [-0.25, -0.2) is 27.6 Å². The van der Waals surface area contributed by atoms with Crippen molar-refractivity contribution in [2.75, 3.05) is 49.1 Å². The molecule has 0 unspecified atom stereocenters. The van der Waals surface area contributed by atoms with Gasteiger partial charge in [0.05, 0.1) is 65.3 Å². The standard InChI is InChI=1S/C26H25FN4O5.C19H21ClFN3O3.C13H9ClFNO3.C13H17N3O2/c27-22-11-20-23(30(18-7-8-18)15-21(25(20)32)26(33)34)12-24(22)29-9-2-1-5-17(14-29)28-13-16-4-3-6-19(10-16)31(35)36;20-15-16-12(18(25)13(19(26)27)9-24(16)11-4-5-11)7-14(21)17(15)23-6-2-1-3-10(22)8-23;14-9-4-11-7(3-10(9)15)12(17)8(13(18)19)5-16(11)6-1-2-6;17-16(18)13-6-3-4-11(8-13)9-15-12-5-1-2-7-14-10-12/h3-4,6,10-13,15,17-18H,1-2,5,7-9,14H2,(H,33,34);7,9-11H,1-6,8,22H2,(H,26,27);3-6H,1-2H2,(H,18,19);3-4,6,8-9,12,14H,1-2,5,7,10H2/t17-;10-;;12-/m11.1/s1. The Morgan fingerprint density at radius 1 is 0.560 bits per heavy atom. The van der Waals surface area contributed by atoms with Crippen molar-refractivity contribution in [3.05, 3.63) is 204 Å². The number of hydrogen-bond donors (Lipinski definition) is 5. The molecule has 6 heterocycles. The van der Waals surface area contributed by atoms with Crippen LogP contribution in [0, 0.1) is 37.7 Å².